The highest BCUT2D eigenvalue weighted by Crippen LogP contribution is 2.26. The summed E-state index contributed by atoms with van der Waals surface area (Å²) >= 11 is 0. The van der Waals surface area contributed by atoms with E-state index >= 15 is 0 Å². The molecule has 1 N–H and O–H groups in total. The molecule has 0 spiro atoms. The van der Waals surface area contributed by atoms with Crippen LogP contribution in [0.2, 0.25) is 0 Å². The minimum absolute atomic E-state index is 0.0678. The Morgan fingerprint density at radius 1 is 1.31 bits per heavy atom. The molecule has 0 saturated carbocycles. The van der Waals surface area contributed by atoms with E-state index in [0.717, 1.165) is 6.07 Å². The summed E-state index contributed by atoms with van der Waals surface area (Å²) in [5.41, 5.74) is 0.245. The maximum absolute atomic E-state index is 14.3. The van der Waals surface area contributed by atoms with Crippen molar-refractivity contribution in [2.24, 2.45) is 0 Å². The van der Waals surface area contributed by atoms with Crippen LogP contribution in [-0.2, 0) is 14.3 Å². The number of ether oxygens (including phenoxy) is 1. The molecule has 140 valence electrons. The first-order chi connectivity index (χ1) is 12.5. The summed E-state index contributed by atoms with van der Waals surface area (Å²) in [5.74, 6) is -2.63. The summed E-state index contributed by atoms with van der Waals surface area (Å²) in [7, 11) is 0. The highest BCUT2D eigenvalue weighted by atomic mass is 19.1. The predicted octanol–water partition coefficient (Wildman–Crippen LogP) is 1.66. The minimum atomic E-state index is -1.16. The highest BCUT2D eigenvalue weighted by molar-refractivity contribution is 6.00. The van der Waals surface area contributed by atoms with Crippen LogP contribution in [0.5, 0.6) is 0 Å². The fraction of sp³-hybridized carbons (Fsp3) is 0.500. The molecule has 2 heterocycles. The van der Waals surface area contributed by atoms with Gasteiger partial charge in [-0.05, 0) is 37.5 Å². The molecule has 1 aromatic carbocycles. The summed E-state index contributed by atoms with van der Waals surface area (Å²) in [4.78, 5) is 38.8. The number of benzene rings is 1. The molecule has 2 saturated heterocycles. The van der Waals surface area contributed by atoms with Crippen molar-refractivity contribution in [3.05, 3.63) is 29.6 Å². The minimum Gasteiger partial charge on any atom is -0.480 e. The summed E-state index contributed by atoms with van der Waals surface area (Å²) in [6.07, 6.45) is 2.15. The summed E-state index contributed by atoms with van der Waals surface area (Å²) in [6, 6.07) is 3.64. The van der Waals surface area contributed by atoms with Crippen LogP contribution in [0.4, 0.5) is 10.1 Å². The van der Waals surface area contributed by atoms with Gasteiger partial charge in [0.2, 0.25) is 5.91 Å². The lowest BCUT2D eigenvalue weighted by molar-refractivity contribution is -0.138. The molecular weight excluding hydrogens is 343 g/mol. The van der Waals surface area contributed by atoms with Gasteiger partial charge < -0.3 is 19.6 Å². The molecular formula is C18H21FN2O5. The lowest BCUT2D eigenvalue weighted by Crippen LogP contribution is -2.46. The quantitative estimate of drug-likeness (QED) is 0.859. The number of rotatable bonds is 5. The van der Waals surface area contributed by atoms with E-state index in [9.17, 15) is 18.8 Å². The van der Waals surface area contributed by atoms with Crippen LogP contribution in [0.3, 0.4) is 0 Å². The Labute approximate surface area is 150 Å². The number of hydrogen-bond donors (Lipinski definition) is 1. The third-order valence-corrected chi connectivity index (χ3v) is 4.76. The van der Waals surface area contributed by atoms with Crippen molar-refractivity contribution >= 4 is 23.5 Å². The topological polar surface area (TPSA) is 87.2 Å². The van der Waals surface area contributed by atoms with Gasteiger partial charge in [-0.1, -0.05) is 0 Å². The lowest BCUT2D eigenvalue weighted by Gasteiger charge is -2.33. The van der Waals surface area contributed by atoms with Gasteiger partial charge in [0.1, 0.15) is 12.4 Å². The van der Waals surface area contributed by atoms with Crippen molar-refractivity contribution < 1.29 is 28.6 Å². The zero-order chi connectivity index (χ0) is 18.7. The third kappa shape index (κ3) is 3.85. The molecule has 8 heteroatoms. The van der Waals surface area contributed by atoms with Crippen LogP contribution in [0.15, 0.2) is 18.2 Å². The van der Waals surface area contributed by atoms with Gasteiger partial charge in [-0.15, -0.1) is 0 Å². The molecule has 1 aromatic rings. The number of carbonyl (C=O) groups is 3. The number of carbonyl (C=O) groups excluding carboxylic acids is 2. The van der Waals surface area contributed by atoms with Crippen molar-refractivity contribution in [2.45, 2.75) is 31.7 Å². The smallest absolute Gasteiger partial charge is 0.323 e. The molecule has 0 bridgehead atoms. The first kappa shape index (κ1) is 18.3. The maximum atomic E-state index is 14.3. The van der Waals surface area contributed by atoms with Gasteiger partial charge in [0.25, 0.3) is 5.91 Å². The summed E-state index contributed by atoms with van der Waals surface area (Å²) in [6.45, 7) is 0.879. The average Bonchev–Trinajstić information content (AvgIpc) is 3.06. The highest BCUT2D eigenvalue weighted by Gasteiger charge is 2.31. The Bertz CT molecular complexity index is 718. The van der Waals surface area contributed by atoms with Crippen molar-refractivity contribution in [2.75, 3.05) is 31.2 Å². The Kier molecular flexibility index (Phi) is 5.51. The molecule has 0 radical (unpaired) electrons. The molecule has 2 amide bonds. The van der Waals surface area contributed by atoms with Crippen molar-refractivity contribution in [1.29, 1.82) is 0 Å². The van der Waals surface area contributed by atoms with Gasteiger partial charge in [0.15, 0.2) is 0 Å². The van der Waals surface area contributed by atoms with E-state index in [1.807, 2.05) is 0 Å². The largest absolute Gasteiger partial charge is 0.480 e. The van der Waals surface area contributed by atoms with Gasteiger partial charge >= 0.3 is 5.97 Å². The van der Waals surface area contributed by atoms with Crippen molar-refractivity contribution in [3.8, 4) is 0 Å². The first-order valence-electron chi connectivity index (χ1n) is 8.68. The second-order valence-corrected chi connectivity index (χ2v) is 6.48. The standard InChI is InChI=1S/C18H21FN2O5/c19-15-4-3-13(20-7-1-2-16(20)22)10-14(15)18(25)21(11-17(23)24)12-5-8-26-9-6-12/h3-4,10,12H,1-2,5-9,11H2,(H,23,24). The molecule has 7 nitrogen and oxygen atoms in total. The van der Waals surface area contributed by atoms with Crippen LogP contribution in [0, 0.1) is 5.82 Å². The number of nitrogens with zero attached hydrogens (tertiary/aromatic N) is 2. The fourth-order valence-corrected chi connectivity index (χ4v) is 3.43. The zero-order valence-corrected chi connectivity index (χ0v) is 14.3. The number of amides is 2. The Morgan fingerprint density at radius 2 is 2.04 bits per heavy atom. The third-order valence-electron chi connectivity index (χ3n) is 4.76. The molecule has 0 atom stereocenters. The molecule has 0 aromatic heterocycles. The number of anilines is 1. The SMILES string of the molecule is O=C(O)CN(C(=O)c1cc(N2CCCC2=O)ccc1F)C1CCOCC1. The summed E-state index contributed by atoms with van der Waals surface area (Å²) in [5, 5.41) is 9.17. The number of hydrogen-bond acceptors (Lipinski definition) is 4. The van der Waals surface area contributed by atoms with Crippen LogP contribution >= 0.6 is 0 Å². The van der Waals surface area contributed by atoms with Crippen molar-refractivity contribution in [3.63, 3.8) is 0 Å². The maximum Gasteiger partial charge on any atom is 0.323 e. The van der Waals surface area contributed by atoms with E-state index in [0.29, 0.717) is 51.1 Å². The molecule has 0 aliphatic carbocycles. The van der Waals surface area contributed by atoms with Crippen LogP contribution in [0.25, 0.3) is 0 Å². The predicted molar refractivity (Wildman–Crippen MR) is 90.5 cm³/mol. The van der Waals surface area contributed by atoms with Crippen LogP contribution < -0.4 is 4.90 Å². The Balaban J connectivity index is 1.90. The van der Waals surface area contributed by atoms with Crippen molar-refractivity contribution in [1.82, 2.24) is 4.90 Å². The lowest BCUT2D eigenvalue weighted by atomic mass is 10.0. The van der Waals surface area contributed by atoms with E-state index in [4.69, 9.17) is 9.84 Å². The van der Waals surface area contributed by atoms with E-state index in [1.165, 1.54) is 21.9 Å². The monoisotopic (exact) mass is 364 g/mol. The average molecular weight is 364 g/mol. The number of carboxylic acids is 1. The Morgan fingerprint density at radius 3 is 2.65 bits per heavy atom. The van der Waals surface area contributed by atoms with Crippen LogP contribution in [-0.4, -0.2) is 60.1 Å². The molecule has 2 fully saturated rings. The van der Waals surface area contributed by atoms with E-state index < -0.39 is 24.2 Å². The molecule has 2 aliphatic heterocycles. The molecule has 26 heavy (non-hydrogen) atoms. The molecule has 3 rings (SSSR count). The fourth-order valence-electron chi connectivity index (χ4n) is 3.43. The normalized spacial score (nSPS) is 18.2. The van der Waals surface area contributed by atoms with Gasteiger partial charge in [0.05, 0.1) is 5.56 Å². The van der Waals surface area contributed by atoms with Gasteiger partial charge in [-0.2, -0.15) is 0 Å². The van der Waals surface area contributed by atoms with Gasteiger partial charge in [-0.3, -0.25) is 14.4 Å². The second kappa shape index (κ2) is 7.82. The zero-order valence-electron chi connectivity index (χ0n) is 14.3. The van der Waals surface area contributed by atoms with E-state index in [1.54, 1.807) is 0 Å². The van der Waals surface area contributed by atoms with Gasteiger partial charge in [0, 0.05) is 37.9 Å². The number of halogens is 1. The van der Waals surface area contributed by atoms with Gasteiger partial charge in [-0.25, -0.2) is 4.39 Å². The van der Waals surface area contributed by atoms with Crippen LogP contribution in [0.1, 0.15) is 36.0 Å². The van der Waals surface area contributed by atoms with E-state index in [2.05, 4.69) is 0 Å². The first-order valence-corrected chi connectivity index (χ1v) is 8.68. The van der Waals surface area contributed by atoms with E-state index in [-0.39, 0.29) is 17.5 Å². The Hall–Kier alpha value is -2.48. The summed E-state index contributed by atoms with van der Waals surface area (Å²) < 4.78 is 19.6. The molecule has 0 unspecified atom stereocenters. The molecule has 2 aliphatic rings. The second-order valence-electron chi connectivity index (χ2n) is 6.48. The number of aliphatic carboxylic acids is 1. The number of carboxylic acid groups (broad SMARTS) is 1.